The van der Waals surface area contributed by atoms with E-state index in [-0.39, 0.29) is 18.4 Å². The SMILES string of the molecule is Cc1cc(C)cc(NC(=O)c2cccnc2SCc2ccnc(NC(=O)CNCCN3CCOCC3)c2)c1. The zero-order valence-electron chi connectivity index (χ0n) is 21.8. The van der Waals surface area contributed by atoms with Crippen LogP contribution in [-0.2, 0) is 15.3 Å². The standard InChI is InChI=1S/C28H34N6O3S/c1-20-14-21(2)16-23(15-20)32-27(36)24-4-3-6-31-28(24)38-19-22-5-7-30-25(17-22)33-26(35)18-29-8-9-34-10-12-37-13-11-34/h3-7,14-17,29H,8-13,18-19H2,1-2H3,(H,32,36)(H,30,33,35). The molecule has 3 N–H and O–H groups in total. The average Bonchev–Trinajstić information content (AvgIpc) is 2.90. The minimum absolute atomic E-state index is 0.139. The van der Waals surface area contributed by atoms with Crippen LogP contribution in [0, 0.1) is 13.8 Å². The molecular formula is C28H34N6O3S. The van der Waals surface area contributed by atoms with Crippen molar-refractivity contribution in [3.8, 4) is 0 Å². The van der Waals surface area contributed by atoms with Crippen molar-refractivity contribution in [1.29, 1.82) is 0 Å². The summed E-state index contributed by atoms with van der Waals surface area (Å²) in [6.07, 6.45) is 3.35. The smallest absolute Gasteiger partial charge is 0.258 e. The topological polar surface area (TPSA) is 108 Å². The summed E-state index contributed by atoms with van der Waals surface area (Å²) in [6, 6.07) is 13.2. The fraction of sp³-hybridized carbons (Fsp3) is 0.357. The molecule has 2 amide bonds. The second-order valence-corrected chi connectivity index (χ2v) is 10.2. The molecule has 0 atom stereocenters. The first kappa shape index (κ1) is 27.7. The third-order valence-corrected chi connectivity index (χ3v) is 7.03. The van der Waals surface area contributed by atoms with Gasteiger partial charge in [0, 0.05) is 50.0 Å². The first-order chi connectivity index (χ1) is 18.5. The summed E-state index contributed by atoms with van der Waals surface area (Å²) < 4.78 is 5.35. The van der Waals surface area contributed by atoms with Gasteiger partial charge in [0.05, 0.1) is 25.3 Å². The van der Waals surface area contributed by atoms with Crippen LogP contribution in [0.5, 0.6) is 0 Å². The van der Waals surface area contributed by atoms with Gasteiger partial charge in [0.15, 0.2) is 0 Å². The first-order valence-corrected chi connectivity index (χ1v) is 13.7. The Morgan fingerprint density at radius 2 is 1.79 bits per heavy atom. The number of amides is 2. The number of nitrogens with zero attached hydrogens (tertiary/aromatic N) is 3. The zero-order chi connectivity index (χ0) is 26.7. The van der Waals surface area contributed by atoms with Crippen LogP contribution in [0.25, 0.3) is 0 Å². The second kappa shape index (κ2) is 14.0. The molecule has 10 heteroatoms. The molecule has 9 nitrogen and oxygen atoms in total. The lowest BCUT2D eigenvalue weighted by Gasteiger charge is -2.26. The molecule has 1 aromatic carbocycles. The summed E-state index contributed by atoms with van der Waals surface area (Å²) in [5, 5.41) is 9.66. The number of thioether (sulfide) groups is 1. The Morgan fingerprint density at radius 1 is 1.00 bits per heavy atom. The summed E-state index contributed by atoms with van der Waals surface area (Å²) in [7, 11) is 0. The normalized spacial score (nSPS) is 13.7. The van der Waals surface area contributed by atoms with Crippen LogP contribution >= 0.6 is 11.8 Å². The van der Waals surface area contributed by atoms with Crippen LogP contribution in [0.3, 0.4) is 0 Å². The lowest BCUT2D eigenvalue weighted by Crippen LogP contribution is -2.41. The van der Waals surface area contributed by atoms with Crippen LogP contribution < -0.4 is 16.0 Å². The van der Waals surface area contributed by atoms with Crippen molar-refractivity contribution in [2.24, 2.45) is 0 Å². The number of aromatic nitrogens is 2. The number of carbonyl (C=O) groups is 2. The van der Waals surface area contributed by atoms with Crippen LogP contribution in [0.1, 0.15) is 27.0 Å². The maximum atomic E-state index is 13.0. The number of benzene rings is 1. The van der Waals surface area contributed by atoms with E-state index in [1.54, 1.807) is 24.5 Å². The monoisotopic (exact) mass is 534 g/mol. The number of anilines is 2. The predicted octanol–water partition coefficient (Wildman–Crippen LogP) is 3.50. The fourth-order valence-corrected chi connectivity index (χ4v) is 5.09. The van der Waals surface area contributed by atoms with Crippen LogP contribution in [0.4, 0.5) is 11.5 Å². The maximum Gasteiger partial charge on any atom is 0.258 e. The van der Waals surface area contributed by atoms with Crippen molar-refractivity contribution in [3.63, 3.8) is 0 Å². The number of aryl methyl sites for hydroxylation is 2. The second-order valence-electron chi connectivity index (χ2n) is 9.20. The molecule has 1 fully saturated rings. The number of pyridine rings is 2. The molecule has 1 aliphatic heterocycles. The number of hydrogen-bond acceptors (Lipinski definition) is 8. The minimum Gasteiger partial charge on any atom is -0.379 e. The summed E-state index contributed by atoms with van der Waals surface area (Å²) in [5.74, 6) is 0.731. The van der Waals surface area contributed by atoms with Gasteiger partial charge in [-0.3, -0.25) is 14.5 Å². The highest BCUT2D eigenvalue weighted by Crippen LogP contribution is 2.26. The van der Waals surface area contributed by atoms with E-state index >= 15 is 0 Å². The van der Waals surface area contributed by atoms with E-state index in [0.717, 1.165) is 61.8 Å². The van der Waals surface area contributed by atoms with E-state index in [9.17, 15) is 9.59 Å². The van der Waals surface area contributed by atoms with Crippen LogP contribution in [0.15, 0.2) is 59.9 Å². The Kier molecular flexibility index (Phi) is 10.2. The van der Waals surface area contributed by atoms with Crippen LogP contribution in [-0.4, -0.2) is 72.6 Å². The van der Waals surface area contributed by atoms with Crippen molar-refractivity contribution in [3.05, 3.63) is 77.1 Å². The van der Waals surface area contributed by atoms with Gasteiger partial charge in [-0.1, -0.05) is 6.07 Å². The molecule has 1 aliphatic rings. The molecule has 2 aromatic heterocycles. The average molecular weight is 535 g/mol. The van der Waals surface area contributed by atoms with Crippen molar-refractivity contribution < 1.29 is 14.3 Å². The van der Waals surface area contributed by atoms with Gasteiger partial charge in [0.1, 0.15) is 10.8 Å². The fourth-order valence-electron chi connectivity index (χ4n) is 4.16. The first-order valence-electron chi connectivity index (χ1n) is 12.7. The highest BCUT2D eigenvalue weighted by atomic mass is 32.2. The van der Waals surface area contributed by atoms with Crippen molar-refractivity contribution >= 4 is 35.1 Å². The highest BCUT2D eigenvalue weighted by Gasteiger charge is 2.14. The van der Waals surface area contributed by atoms with E-state index in [4.69, 9.17) is 4.74 Å². The number of ether oxygens (including phenoxy) is 1. The van der Waals surface area contributed by atoms with E-state index in [2.05, 4.69) is 36.9 Å². The lowest BCUT2D eigenvalue weighted by atomic mass is 10.1. The van der Waals surface area contributed by atoms with Gasteiger partial charge in [-0.25, -0.2) is 9.97 Å². The highest BCUT2D eigenvalue weighted by molar-refractivity contribution is 7.98. The molecule has 0 bridgehead atoms. The van der Waals surface area contributed by atoms with Crippen molar-refractivity contribution in [2.45, 2.75) is 24.6 Å². The Morgan fingerprint density at radius 3 is 2.58 bits per heavy atom. The lowest BCUT2D eigenvalue weighted by molar-refractivity contribution is -0.115. The number of carbonyl (C=O) groups excluding carboxylic acids is 2. The molecule has 200 valence electrons. The number of morpholine rings is 1. The predicted molar refractivity (Wildman–Crippen MR) is 151 cm³/mol. The summed E-state index contributed by atoms with van der Waals surface area (Å²) >= 11 is 1.46. The van der Waals surface area contributed by atoms with Gasteiger partial charge >= 0.3 is 0 Å². The molecule has 0 aliphatic carbocycles. The molecule has 0 spiro atoms. The van der Waals surface area contributed by atoms with Gasteiger partial charge in [-0.15, -0.1) is 11.8 Å². The molecule has 1 saturated heterocycles. The number of hydrogen-bond donors (Lipinski definition) is 3. The Balaban J connectivity index is 1.28. The van der Waals surface area contributed by atoms with Gasteiger partial charge in [0.25, 0.3) is 5.91 Å². The van der Waals surface area contributed by atoms with E-state index in [0.29, 0.717) is 22.2 Å². The summed E-state index contributed by atoms with van der Waals surface area (Å²) in [4.78, 5) is 36.4. The van der Waals surface area contributed by atoms with Gasteiger partial charge < -0.3 is 20.7 Å². The zero-order valence-corrected chi connectivity index (χ0v) is 22.6. The largest absolute Gasteiger partial charge is 0.379 e. The van der Waals surface area contributed by atoms with Gasteiger partial charge in [-0.05, 0) is 66.9 Å². The quantitative estimate of drug-likeness (QED) is 0.253. The third kappa shape index (κ3) is 8.63. The molecule has 0 saturated carbocycles. The third-order valence-electron chi connectivity index (χ3n) is 5.96. The minimum atomic E-state index is -0.200. The van der Waals surface area contributed by atoms with Crippen molar-refractivity contribution in [2.75, 3.05) is 56.6 Å². The molecule has 4 rings (SSSR count). The number of rotatable bonds is 11. The van der Waals surface area contributed by atoms with E-state index in [1.807, 2.05) is 38.1 Å². The summed E-state index contributed by atoms with van der Waals surface area (Å²) in [6.45, 7) is 9.24. The molecular weight excluding hydrogens is 500 g/mol. The van der Waals surface area contributed by atoms with Crippen molar-refractivity contribution in [1.82, 2.24) is 20.2 Å². The molecule has 3 aromatic rings. The molecule has 3 heterocycles. The molecule has 0 unspecified atom stereocenters. The Labute approximate surface area is 227 Å². The van der Waals surface area contributed by atoms with Gasteiger partial charge in [-0.2, -0.15) is 0 Å². The summed E-state index contributed by atoms with van der Waals surface area (Å²) in [5.41, 5.74) is 4.42. The Bertz CT molecular complexity index is 1230. The maximum absolute atomic E-state index is 13.0. The Hall–Kier alpha value is -3.31. The molecule has 0 radical (unpaired) electrons. The van der Waals surface area contributed by atoms with Crippen LogP contribution in [0.2, 0.25) is 0 Å². The molecule has 38 heavy (non-hydrogen) atoms. The number of nitrogens with one attached hydrogen (secondary N) is 3. The van der Waals surface area contributed by atoms with Gasteiger partial charge in [0.2, 0.25) is 5.91 Å². The van der Waals surface area contributed by atoms with E-state index < -0.39 is 0 Å². The van der Waals surface area contributed by atoms with E-state index in [1.165, 1.54) is 11.8 Å².